The van der Waals surface area contributed by atoms with E-state index in [0.717, 1.165) is 0 Å². The van der Waals surface area contributed by atoms with Gasteiger partial charge in [-0.15, -0.1) is 0 Å². The summed E-state index contributed by atoms with van der Waals surface area (Å²) in [6.07, 6.45) is 0. The van der Waals surface area contributed by atoms with Crippen LogP contribution in [0.4, 0.5) is 0 Å². The molecule has 0 bridgehead atoms. The Bertz CT molecular complexity index is 194. The quantitative estimate of drug-likeness (QED) is 0.555. The minimum absolute atomic E-state index is 0. The molecule has 0 N–H and O–H groups in total. The number of nitrogens with zero attached hydrogens (tertiary/aromatic N) is 2. The van der Waals surface area contributed by atoms with Gasteiger partial charge in [0.15, 0.2) is 0 Å². The molecule has 9 heteroatoms. The predicted molar refractivity (Wildman–Crippen MR) is 100 cm³/mol. The third-order valence-corrected chi connectivity index (χ3v) is 12.1. The predicted octanol–water partition coefficient (Wildman–Crippen LogP) is 0.0653. The summed E-state index contributed by atoms with van der Waals surface area (Å²) in [5.74, 6) is 0. The average molecular weight is 440 g/mol. The number of hydrogen-bond acceptors (Lipinski definition) is 0. The van der Waals surface area contributed by atoms with Crippen LogP contribution in [0.25, 0.3) is 9.30 Å². The Kier molecular flexibility index (Phi) is 20.4. The molecule has 130 valence electrons. The summed E-state index contributed by atoms with van der Waals surface area (Å²) < 4.78 is 9.64. The maximum absolute atomic E-state index is 4.82. The fraction of sp³-hybridized carbons (Fsp3) is 1.00. The van der Waals surface area contributed by atoms with E-state index in [1.54, 1.807) is 0 Å². The zero-order chi connectivity index (χ0) is 15.4. The van der Waals surface area contributed by atoms with Gasteiger partial charge < -0.3 is 34.1 Å². The second kappa shape index (κ2) is 12.4. The minimum atomic E-state index is -1.11. The van der Waals surface area contributed by atoms with E-state index in [4.69, 9.17) is 9.30 Å². The molecule has 0 aliphatic rings. The smallest absolute Gasteiger partial charge is 1.00 e. The van der Waals surface area contributed by atoms with E-state index in [9.17, 15) is 0 Å². The van der Waals surface area contributed by atoms with Gasteiger partial charge in [-0.05, 0) is 0 Å². The third kappa shape index (κ3) is 44.9. The molecule has 0 aliphatic heterocycles. The third-order valence-electron chi connectivity index (χ3n) is 1.34. The second-order valence-electron chi connectivity index (χ2n) is 8.91. The molecule has 0 aliphatic carbocycles. The summed E-state index contributed by atoms with van der Waals surface area (Å²) in [5, 5.41) is 0. The number of halogens is 2. The summed E-state index contributed by atoms with van der Waals surface area (Å²) in [5.41, 5.74) is 0. The normalized spacial score (nSPS) is 12.0. The minimum Gasteiger partial charge on any atom is -1.00 e. The monoisotopic (exact) mass is 438 g/mol. The van der Waals surface area contributed by atoms with Gasteiger partial charge in [-0.25, -0.2) is 0 Å². The molecule has 0 spiro atoms. The summed E-state index contributed by atoms with van der Waals surface area (Å²) in [7, 11) is -4.42. The Balaban J connectivity index is -0.0000000711. The van der Waals surface area contributed by atoms with Crippen LogP contribution >= 0.6 is 0 Å². The van der Waals surface area contributed by atoms with Crippen molar-refractivity contribution in [1.82, 2.24) is 0 Å². The van der Waals surface area contributed by atoms with Crippen molar-refractivity contribution in [2.45, 2.75) is 78.6 Å². The Hall–Kier alpha value is 2.08. The molecule has 0 saturated carbocycles. The van der Waals surface area contributed by atoms with E-state index in [-0.39, 0.29) is 46.5 Å². The van der Waals surface area contributed by atoms with Crippen molar-refractivity contribution < 1.29 is 46.5 Å². The maximum Gasteiger partial charge on any atom is 2.00 e. The van der Waals surface area contributed by atoms with Gasteiger partial charge in [0.05, 0.1) is 0 Å². The van der Waals surface area contributed by atoms with Gasteiger partial charge in [0, 0.05) is 0 Å². The van der Waals surface area contributed by atoms with Crippen LogP contribution < -0.4 is 24.8 Å². The molecule has 0 aromatic rings. The maximum atomic E-state index is 4.82. The van der Waals surface area contributed by atoms with Crippen LogP contribution in [-0.4, -0.2) is 32.9 Å². The van der Waals surface area contributed by atoms with E-state index >= 15 is 0 Å². The largest absolute Gasteiger partial charge is 2.00 e. The molecule has 0 aromatic heterocycles. The van der Waals surface area contributed by atoms with Crippen LogP contribution in [0.1, 0.15) is 0 Å². The standard InChI is InChI=1S/2C6H18NSi2.2ClH.Ti/c2*1-8(2,3)7-9(4,5)6;;;/h2*1-6H3;2*1H;/q2*-1;;;+2/p-2. The van der Waals surface area contributed by atoms with Crippen molar-refractivity contribution in [3.8, 4) is 0 Å². The van der Waals surface area contributed by atoms with Gasteiger partial charge >= 0.3 is 21.7 Å². The zero-order valence-corrected chi connectivity index (χ0v) is 23.2. The fourth-order valence-corrected chi connectivity index (χ4v) is 18.1. The van der Waals surface area contributed by atoms with Crippen LogP contribution in [0.2, 0.25) is 78.6 Å². The first-order valence-electron chi connectivity index (χ1n) is 6.89. The molecule has 0 rings (SSSR count). The van der Waals surface area contributed by atoms with E-state index in [1.807, 2.05) is 0 Å². The molecule has 0 radical (unpaired) electrons. The van der Waals surface area contributed by atoms with Crippen LogP contribution in [0.15, 0.2) is 0 Å². The van der Waals surface area contributed by atoms with Gasteiger partial charge in [0.1, 0.15) is 0 Å². The molecule has 0 fully saturated rings. The summed E-state index contributed by atoms with van der Waals surface area (Å²) in [6.45, 7) is 27.6. The molecule has 21 heavy (non-hydrogen) atoms. The Labute approximate surface area is 166 Å². The SMILES string of the molecule is C[Si](C)(C)[N-][Si](C)(C)C.C[Si](C)(C)[N-][Si](C)(C)C.[Cl-].[Cl-].[Ti+2]. The molecule has 0 heterocycles. The number of rotatable bonds is 4. The fourth-order valence-electron chi connectivity index (χ4n) is 2.01. The van der Waals surface area contributed by atoms with Crippen molar-refractivity contribution >= 4 is 32.9 Å². The van der Waals surface area contributed by atoms with E-state index in [2.05, 4.69) is 78.6 Å². The van der Waals surface area contributed by atoms with Crippen molar-refractivity contribution in [2.75, 3.05) is 0 Å². The van der Waals surface area contributed by atoms with Gasteiger partial charge in [0.25, 0.3) is 0 Å². The van der Waals surface area contributed by atoms with Crippen LogP contribution in [0.5, 0.6) is 0 Å². The second-order valence-corrected chi connectivity index (χ2v) is 28.1. The molecule has 0 aromatic carbocycles. The van der Waals surface area contributed by atoms with Gasteiger partial charge in [-0.1, -0.05) is 112 Å². The molecule has 0 saturated heterocycles. The van der Waals surface area contributed by atoms with Crippen LogP contribution in [-0.2, 0) is 21.7 Å². The van der Waals surface area contributed by atoms with E-state index in [1.165, 1.54) is 0 Å². The van der Waals surface area contributed by atoms with E-state index < -0.39 is 32.9 Å². The van der Waals surface area contributed by atoms with Crippen molar-refractivity contribution in [3.63, 3.8) is 0 Å². The Morgan fingerprint density at radius 2 is 0.476 bits per heavy atom. The topological polar surface area (TPSA) is 28.2 Å². The molecular formula is C12H36Cl2N2Si4Ti-2. The Morgan fingerprint density at radius 1 is 0.381 bits per heavy atom. The van der Waals surface area contributed by atoms with Crippen LogP contribution in [0, 0.1) is 0 Å². The first-order valence-corrected chi connectivity index (χ1v) is 20.7. The summed E-state index contributed by atoms with van der Waals surface area (Å²) in [6, 6.07) is 0. The van der Waals surface area contributed by atoms with Crippen molar-refractivity contribution in [3.05, 3.63) is 9.30 Å². The number of hydrogen-bond donors (Lipinski definition) is 0. The molecule has 0 amide bonds. The van der Waals surface area contributed by atoms with Gasteiger partial charge in [0.2, 0.25) is 0 Å². The first-order chi connectivity index (χ1) is 7.41. The molecule has 0 atom stereocenters. The summed E-state index contributed by atoms with van der Waals surface area (Å²) in [4.78, 5) is 0. The van der Waals surface area contributed by atoms with Gasteiger partial charge in [-0.3, -0.25) is 0 Å². The molecular weight excluding hydrogens is 403 g/mol. The summed E-state index contributed by atoms with van der Waals surface area (Å²) >= 11 is 0. The Morgan fingerprint density at radius 3 is 0.476 bits per heavy atom. The van der Waals surface area contributed by atoms with E-state index in [0.29, 0.717) is 0 Å². The zero-order valence-electron chi connectivity index (χ0n) is 16.2. The average Bonchev–Trinajstić information content (AvgIpc) is 1.64. The molecule has 2 nitrogen and oxygen atoms in total. The van der Waals surface area contributed by atoms with Crippen LogP contribution in [0.3, 0.4) is 0 Å². The molecule has 0 unspecified atom stereocenters. The van der Waals surface area contributed by atoms with Crippen molar-refractivity contribution in [1.29, 1.82) is 0 Å². The van der Waals surface area contributed by atoms with Crippen molar-refractivity contribution in [2.24, 2.45) is 0 Å². The first kappa shape index (κ1) is 34.4. The van der Waals surface area contributed by atoms with Gasteiger partial charge in [-0.2, -0.15) is 0 Å².